The van der Waals surface area contributed by atoms with E-state index in [-0.39, 0.29) is 5.92 Å². The van der Waals surface area contributed by atoms with Crippen LogP contribution in [0.3, 0.4) is 0 Å². The number of hydrogen-bond donors (Lipinski definition) is 1. The molecule has 1 heterocycles. The molecule has 1 saturated heterocycles. The van der Waals surface area contributed by atoms with Crippen LogP contribution in [0.25, 0.3) is 0 Å². The molecule has 3 heteroatoms. The molecule has 0 aromatic carbocycles. The summed E-state index contributed by atoms with van der Waals surface area (Å²) in [5, 5.41) is 0. The van der Waals surface area contributed by atoms with Crippen LogP contribution in [-0.4, -0.2) is 29.9 Å². The molecule has 0 radical (unpaired) electrons. The Hall–Kier alpha value is -0.570. The summed E-state index contributed by atoms with van der Waals surface area (Å²) in [4.78, 5) is 14.5. The number of carbonyl (C=O) groups is 1. The largest absolute Gasteiger partial charge is 0.342 e. The Morgan fingerprint density at radius 1 is 1.35 bits per heavy atom. The third-order valence-electron chi connectivity index (χ3n) is 4.57. The zero-order chi connectivity index (χ0) is 12.6. The first-order valence-electron chi connectivity index (χ1n) is 6.93. The monoisotopic (exact) mass is 238 g/mol. The third kappa shape index (κ3) is 2.82. The van der Waals surface area contributed by atoms with Crippen molar-refractivity contribution in [3.05, 3.63) is 0 Å². The van der Waals surface area contributed by atoms with E-state index in [0.717, 1.165) is 38.8 Å². The fourth-order valence-corrected chi connectivity index (χ4v) is 3.20. The molecule has 0 bridgehead atoms. The van der Waals surface area contributed by atoms with Gasteiger partial charge in [-0.3, -0.25) is 4.79 Å². The van der Waals surface area contributed by atoms with Crippen LogP contribution in [0.15, 0.2) is 0 Å². The van der Waals surface area contributed by atoms with Gasteiger partial charge < -0.3 is 10.6 Å². The van der Waals surface area contributed by atoms with Gasteiger partial charge in [0.1, 0.15) is 0 Å². The van der Waals surface area contributed by atoms with E-state index in [9.17, 15) is 4.79 Å². The number of amides is 1. The molecule has 3 unspecified atom stereocenters. The van der Waals surface area contributed by atoms with Crippen LogP contribution in [0.4, 0.5) is 0 Å². The molecular weight excluding hydrogens is 212 g/mol. The normalized spacial score (nSPS) is 37.2. The van der Waals surface area contributed by atoms with Crippen LogP contribution >= 0.6 is 0 Å². The van der Waals surface area contributed by atoms with Crippen LogP contribution in [0.1, 0.15) is 46.5 Å². The van der Waals surface area contributed by atoms with Crippen LogP contribution in [0, 0.1) is 17.3 Å². The maximum absolute atomic E-state index is 12.4. The first kappa shape index (κ1) is 12.9. The van der Waals surface area contributed by atoms with Gasteiger partial charge in [-0.2, -0.15) is 0 Å². The highest BCUT2D eigenvalue weighted by atomic mass is 16.2. The van der Waals surface area contributed by atoms with Gasteiger partial charge in [0.2, 0.25) is 5.91 Å². The number of hydrogen-bond acceptors (Lipinski definition) is 2. The van der Waals surface area contributed by atoms with Gasteiger partial charge in [0.05, 0.1) is 0 Å². The van der Waals surface area contributed by atoms with Gasteiger partial charge in [-0.25, -0.2) is 0 Å². The second-order valence-electron chi connectivity index (χ2n) is 6.83. The van der Waals surface area contributed by atoms with Gasteiger partial charge in [-0.05, 0) is 37.0 Å². The van der Waals surface area contributed by atoms with Crippen LogP contribution < -0.4 is 5.73 Å². The summed E-state index contributed by atoms with van der Waals surface area (Å²) >= 11 is 0. The average Bonchev–Trinajstić information content (AvgIpc) is 2.62. The molecule has 0 spiro atoms. The van der Waals surface area contributed by atoms with Crippen LogP contribution in [0.5, 0.6) is 0 Å². The molecule has 1 aliphatic carbocycles. The van der Waals surface area contributed by atoms with Crippen molar-refractivity contribution in [1.82, 2.24) is 4.90 Å². The Bertz CT molecular complexity index is 301. The summed E-state index contributed by atoms with van der Waals surface area (Å²) in [6, 6.07) is 0.300. The summed E-state index contributed by atoms with van der Waals surface area (Å²) in [6.07, 6.45) is 4.12. The first-order valence-corrected chi connectivity index (χ1v) is 6.93. The molecule has 2 N–H and O–H groups in total. The Morgan fingerprint density at radius 3 is 2.59 bits per heavy atom. The van der Waals surface area contributed by atoms with E-state index in [1.54, 1.807) is 0 Å². The molecule has 0 aromatic heterocycles. The van der Waals surface area contributed by atoms with Crippen LogP contribution in [0.2, 0.25) is 0 Å². The van der Waals surface area contributed by atoms with E-state index in [2.05, 4.69) is 25.7 Å². The Kier molecular flexibility index (Phi) is 3.48. The highest BCUT2D eigenvalue weighted by molar-refractivity contribution is 5.79. The molecule has 0 aromatic rings. The quantitative estimate of drug-likeness (QED) is 0.759. The average molecular weight is 238 g/mol. The lowest BCUT2D eigenvalue weighted by molar-refractivity contribution is -0.136. The van der Waals surface area contributed by atoms with Crippen molar-refractivity contribution in [2.75, 3.05) is 13.1 Å². The molecule has 2 rings (SSSR count). The summed E-state index contributed by atoms with van der Waals surface area (Å²) in [7, 11) is 0. The number of rotatable bonds is 1. The molecule has 1 amide bonds. The van der Waals surface area contributed by atoms with E-state index >= 15 is 0 Å². The maximum Gasteiger partial charge on any atom is 0.225 e. The molecule has 3 nitrogen and oxygen atoms in total. The summed E-state index contributed by atoms with van der Waals surface area (Å²) in [6.45, 7) is 8.56. The van der Waals surface area contributed by atoms with Crippen molar-refractivity contribution in [3.8, 4) is 0 Å². The molecule has 2 aliphatic rings. The number of nitrogens with zero attached hydrogens (tertiary/aromatic N) is 1. The van der Waals surface area contributed by atoms with E-state index in [1.807, 2.05) is 0 Å². The molecule has 98 valence electrons. The zero-order valence-electron chi connectivity index (χ0n) is 11.4. The van der Waals surface area contributed by atoms with Crippen LogP contribution in [-0.2, 0) is 4.79 Å². The fourth-order valence-electron chi connectivity index (χ4n) is 3.20. The zero-order valence-corrected chi connectivity index (χ0v) is 11.4. The highest BCUT2D eigenvalue weighted by Crippen LogP contribution is 2.34. The predicted octanol–water partition coefficient (Wildman–Crippen LogP) is 2.01. The topological polar surface area (TPSA) is 46.3 Å². The van der Waals surface area contributed by atoms with Gasteiger partial charge in [0.15, 0.2) is 0 Å². The van der Waals surface area contributed by atoms with Crippen molar-refractivity contribution < 1.29 is 4.79 Å². The number of likely N-dealkylation sites (tertiary alicyclic amines) is 1. The van der Waals surface area contributed by atoms with E-state index in [0.29, 0.717) is 23.3 Å². The second kappa shape index (κ2) is 4.60. The third-order valence-corrected chi connectivity index (χ3v) is 4.57. The standard InChI is InChI=1S/C14H26N2O/c1-10-8-11(4-5-12(10)15)13(17)16-7-6-14(2,3)9-16/h10-12H,4-9,15H2,1-3H3. The Labute approximate surface area is 105 Å². The fraction of sp³-hybridized carbons (Fsp3) is 0.929. The number of nitrogens with two attached hydrogens (primary N) is 1. The molecule has 2 fully saturated rings. The van der Waals surface area contributed by atoms with Gasteiger partial charge in [0, 0.05) is 25.0 Å². The lowest BCUT2D eigenvalue weighted by Crippen LogP contribution is -2.42. The van der Waals surface area contributed by atoms with Gasteiger partial charge in [0.25, 0.3) is 0 Å². The van der Waals surface area contributed by atoms with E-state index in [1.165, 1.54) is 0 Å². The van der Waals surface area contributed by atoms with E-state index in [4.69, 9.17) is 5.73 Å². The summed E-state index contributed by atoms with van der Waals surface area (Å²) < 4.78 is 0. The smallest absolute Gasteiger partial charge is 0.225 e. The SMILES string of the molecule is CC1CC(C(=O)N2CCC(C)(C)C2)CCC1N. The van der Waals surface area contributed by atoms with E-state index < -0.39 is 0 Å². The highest BCUT2D eigenvalue weighted by Gasteiger charge is 2.37. The first-order chi connectivity index (χ1) is 7.89. The minimum Gasteiger partial charge on any atom is -0.342 e. The summed E-state index contributed by atoms with van der Waals surface area (Å²) in [5.74, 6) is 1.11. The minimum atomic E-state index is 0.235. The van der Waals surface area contributed by atoms with Gasteiger partial charge in [-0.15, -0.1) is 0 Å². The number of carbonyl (C=O) groups excluding carboxylic acids is 1. The van der Waals surface area contributed by atoms with Gasteiger partial charge >= 0.3 is 0 Å². The Balaban J connectivity index is 1.93. The minimum absolute atomic E-state index is 0.235. The lowest BCUT2D eigenvalue weighted by atomic mass is 9.79. The van der Waals surface area contributed by atoms with Crippen molar-refractivity contribution in [3.63, 3.8) is 0 Å². The molecule has 1 aliphatic heterocycles. The molecule has 17 heavy (non-hydrogen) atoms. The maximum atomic E-state index is 12.4. The second-order valence-corrected chi connectivity index (χ2v) is 6.83. The Morgan fingerprint density at radius 2 is 2.06 bits per heavy atom. The van der Waals surface area contributed by atoms with Crippen molar-refractivity contribution in [1.29, 1.82) is 0 Å². The molecular formula is C14H26N2O. The predicted molar refractivity (Wildman–Crippen MR) is 69.5 cm³/mol. The van der Waals surface area contributed by atoms with Crippen molar-refractivity contribution in [2.45, 2.75) is 52.5 Å². The van der Waals surface area contributed by atoms with Gasteiger partial charge in [-0.1, -0.05) is 20.8 Å². The molecule has 1 saturated carbocycles. The van der Waals surface area contributed by atoms with Crippen molar-refractivity contribution in [2.24, 2.45) is 23.0 Å². The summed E-state index contributed by atoms with van der Waals surface area (Å²) in [5.41, 5.74) is 6.32. The lowest BCUT2D eigenvalue weighted by Gasteiger charge is -2.33. The molecule has 3 atom stereocenters. The van der Waals surface area contributed by atoms with Crippen molar-refractivity contribution >= 4 is 5.91 Å².